The molecule has 25 heavy (non-hydrogen) atoms. The molecule has 0 spiro atoms. The van der Waals surface area contributed by atoms with Crippen molar-refractivity contribution in [2.45, 2.75) is 56.7 Å². The first-order valence-electron chi connectivity index (χ1n) is 9.26. The zero-order valence-electron chi connectivity index (χ0n) is 15.2. The normalized spacial score (nSPS) is 27.6. The van der Waals surface area contributed by atoms with Gasteiger partial charge in [0.2, 0.25) is 0 Å². The molecule has 0 aromatic carbocycles. The van der Waals surface area contributed by atoms with Gasteiger partial charge in [-0.05, 0) is 19.6 Å². The summed E-state index contributed by atoms with van der Waals surface area (Å²) in [6.45, 7) is 4.20. The van der Waals surface area contributed by atoms with Gasteiger partial charge in [-0.1, -0.05) is 62.8 Å². The molecule has 0 aromatic rings. The van der Waals surface area contributed by atoms with Gasteiger partial charge in [-0.15, -0.1) is 25.2 Å². The third-order valence-electron chi connectivity index (χ3n) is 4.26. The molecule has 3 rings (SSSR count). The van der Waals surface area contributed by atoms with Crippen LogP contribution in [0.5, 0.6) is 0 Å². The monoisotopic (exact) mass is 391 g/mol. The van der Waals surface area contributed by atoms with Crippen LogP contribution in [-0.4, -0.2) is 50.8 Å². The van der Waals surface area contributed by atoms with E-state index in [-0.39, 0.29) is 23.1 Å². The first-order chi connectivity index (χ1) is 11.8. The minimum atomic E-state index is 0. The standard InChI is InChI=1S/2C6H13N2.C6H9N2.Fe/c3*7-5-6-3-1-2-4-8-6;/h2*6H,1-5,7H2;1-4,6H,5,7H2;/q3*-1;+2. The number of hydrogen-bond acceptors (Lipinski definition) is 3. The van der Waals surface area contributed by atoms with Crippen LogP contribution in [0.4, 0.5) is 0 Å². The van der Waals surface area contributed by atoms with Crippen LogP contribution in [-0.2, 0) is 17.1 Å². The number of allylic oxidation sites excluding steroid dienone is 2. The van der Waals surface area contributed by atoms with E-state index in [1.54, 1.807) is 6.20 Å². The van der Waals surface area contributed by atoms with E-state index in [2.05, 4.69) is 16.0 Å². The molecule has 0 aromatic heterocycles. The quantitative estimate of drug-likeness (QED) is 0.641. The van der Waals surface area contributed by atoms with E-state index < -0.39 is 0 Å². The molecular formula is C18H35FeN6-. The summed E-state index contributed by atoms with van der Waals surface area (Å²) in [6.07, 6.45) is 15.3. The van der Waals surface area contributed by atoms with Crippen LogP contribution in [0.3, 0.4) is 0 Å². The summed E-state index contributed by atoms with van der Waals surface area (Å²) in [5, 5.41) is 12.7. The zero-order chi connectivity index (χ0) is 17.5. The number of piperidine rings is 2. The number of rotatable bonds is 3. The van der Waals surface area contributed by atoms with E-state index in [9.17, 15) is 0 Å². The second-order valence-corrected chi connectivity index (χ2v) is 6.26. The Hall–Kier alpha value is -0.401. The van der Waals surface area contributed by atoms with E-state index in [0.717, 1.165) is 26.2 Å². The first kappa shape index (κ1) is 24.6. The summed E-state index contributed by atoms with van der Waals surface area (Å²) >= 11 is 0. The van der Waals surface area contributed by atoms with E-state index >= 15 is 0 Å². The van der Waals surface area contributed by atoms with E-state index in [1.165, 1.54) is 38.5 Å². The molecule has 0 amide bonds. The fourth-order valence-corrected chi connectivity index (χ4v) is 2.69. The number of nitrogens with two attached hydrogens (primary N) is 3. The van der Waals surface area contributed by atoms with Gasteiger partial charge < -0.3 is 33.2 Å². The fraction of sp³-hybridized carbons (Fsp3) is 0.778. The fourth-order valence-electron chi connectivity index (χ4n) is 2.69. The van der Waals surface area contributed by atoms with Gasteiger partial charge in [-0.3, -0.25) is 0 Å². The maximum absolute atomic E-state index is 5.41. The Bertz CT molecular complexity index is 320. The maximum atomic E-state index is 5.41. The van der Waals surface area contributed by atoms with Crippen LogP contribution in [0.2, 0.25) is 0 Å². The van der Waals surface area contributed by atoms with Crippen LogP contribution in [0.25, 0.3) is 16.0 Å². The first-order valence-corrected chi connectivity index (χ1v) is 9.26. The Morgan fingerprint density at radius 3 is 1.56 bits per heavy atom. The molecule has 6 N–H and O–H groups in total. The molecular weight excluding hydrogens is 356 g/mol. The van der Waals surface area contributed by atoms with Crippen LogP contribution in [0, 0.1) is 0 Å². The van der Waals surface area contributed by atoms with Crippen molar-refractivity contribution in [3.05, 3.63) is 40.4 Å². The average Bonchev–Trinajstić information content (AvgIpc) is 2.71. The largest absolute Gasteiger partial charge is 2.00 e. The van der Waals surface area contributed by atoms with Gasteiger partial charge in [-0.25, -0.2) is 0 Å². The second-order valence-electron chi connectivity index (χ2n) is 6.26. The predicted molar refractivity (Wildman–Crippen MR) is 104 cm³/mol. The summed E-state index contributed by atoms with van der Waals surface area (Å²) in [5.74, 6) is 0. The van der Waals surface area contributed by atoms with Crippen LogP contribution in [0.1, 0.15) is 38.5 Å². The molecule has 3 aliphatic rings. The molecule has 0 bridgehead atoms. The molecule has 3 unspecified atom stereocenters. The molecule has 0 radical (unpaired) electrons. The van der Waals surface area contributed by atoms with Crippen molar-refractivity contribution in [3.8, 4) is 0 Å². The van der Waals surface area contributed by atoms with Crippen molar-refractivity contribution in [2.75, 3.05) is 32.7 Å². The molecule has 2 saturated heterocycles. The third-order valence-corrected chi connectivity index (χ3v) is 4.26. The molecule has 0 aliphatic carbocycles. The Kier molecular flexibility index (Phi) is 16.8. The van der Waals surface area contributed by atoms with Gasteiger partial charge in [0.1, 0.15) is 0 Å². The molecule has 146 valence electrons. The Balaban J connectivity index is 0.000000339. The van der Waals surface area contributed by atoms with E-state index in [1.807, 2.05) is 18.2 Å². The summed E-state index contributed by atoms with van der Waals surface area (Å²) in [7, 11) is 0. The number of hydrogen-bond donors (Lipinski definition) is 3. The molecule has 6 nitrogen and oxygen atoms in total. The van der Waals surface area contributed by atoms with Crippen molar-refractivity contribution in [1.29, 1.82) is 0 Å². The van der Waals surface area contributed by atoms with Gasteiger partial charge in [0.25, 0.3) is 0 Å². The average molecular weight is 391 g/mol. The maximum Gasteiger partial charge on any atom is 2.00 e. The van der Waals surface area contributed by atoms with Crippen molar-refractivity contribution in [1.82, 2.24) is 0 Å². The van der Waals surface area contributed by atoms with Crippen molar-refractivity contribution in [2.24, 2.45) is 17.2 Å². The Morgan fingerprint density at radius 1 is 0.760 bits per heavy atom. The van der Waals surface area contributed by atoms with Gasteiger partial charge in [0, 0.05) is 0 Å². The van der Waals surface area contributed by atoms with E-state index in [0.29, 0.717) is 18.6 Å². The summed E-state index contributed by atoms with van der Waals surface area (Å²) in [6, 6.07) is 1.20. The van der Waals surface area contributed by atoms with Gasteiger partial charge >= 0.3 is 17.1 Å². The summed E-state index contributed by atoms with van der Waals surface area (Å²) in [4.78, 5) is 0. The minimum absolute atomic E-state index is 0. The Labute approximate surface area is 164 Å². The van der Waals surface area contributed by atoms with Gasteiger partial charge in [0.15, 0.2) is 0 Å². The van der Waals surface area contributed by atoms with Crippen molar-refractivity contribution < 1.29 is 17.1 Å². The van der Waals surface area contributed by atoms with Gasteiger partial charge in [-0.2, -0.15) is 6.20 Å². The SMILES string of the molecule is NCC1C=CC=C[N-]1.NCC1CCCC[N-]1.NCC1CCCC[N-]1.[Fe+2]. The molecule has 3 aliphatic heterocycles. The minimum Gasteiger partial charge on any atom is -0.684 e. The topological polar surface area (TPSA) is 120 Å². The smallest absolute Gasteiger partial charge is 0.684 e. The van der Waals surface area contributed by atoms with Crippen LogP contribution >= 0.6 is 0 Å². The zero-order valence-corrected chi connectivity index (χ0v) is 16.4. The summed E-state index contributed by atoms with van der Waals surface area (Å²) < 4.78 is 0. The second kappa shape index (κ2) is 17.0. The molecule has 3 heterocycles. The summed E-state index contributed by atoms with van der Waals surface area (Å²) in [5.41, 5.74) is 16.1. The van der Waals surface area contributed by atoms with E-state index in [4.69, 9.17) is 17.2 Å². The molecule has 0 saturated carbocycles. The molecule has 3 atom stereocenters. The molecule has 7 heteroatoms. The van der Waals surface area contributed by atoms with Gasteiger partial charge in [0.05, 0.1) is 0 Å². The van der Waals surface area contributed by atoms with Crippen LogP contribution in [0.15, 0.2) is 24.4 Å². The van der Waals surface area contributed by atoms with Crippen molar-refractivity contribution in [3.63, 3.8) is 0 Å². The van der Waals surface area contributed by atoms with Crippen LogP contribution < -0.4 is 17.2 Å². The Morgan fingerprint density at radius 2 is 1.32 bits per heavy atom. The predicted octanol–water partition coefficient (Wildman–Crippen LogP) is 2.51. The number of nitrogens with zero attached hydrogens (tertiary/aromatic N) is 3. The van der Waals surface area contributed by atoms with Crippen molar-refractivity contribution >= 4 is 0 Å². The molecule has 2 fully saturated rings. The third kappa shape index (κ3) is 12.6.